The zero-order valence-electron chi connectivity index (χ0n) is 12.1. The Labute approximate surface area is 121 Å². The fourth-order valence-electron chi connectivity index (χ4n) is 2.47. The Morgan fingerprint density at radius 3 is 2.76 bits per heavy atom. The zero-order chi connectivity index (χ0) is 15.1. The van der Waals surface area contributed by atoms with Crippen molar-refractivity contribution >= 4 is 16.8 Å². The van der Waals surface area contributed by atoms with E-state index < -0.39 is 0 Å². The predicted molar refractivity (Wildman–Crippen MR) is 76.9 cm³/mol. The van der Waals surface area contributed by atoms with Crippen LogP contribution in [-0.4, -0.2) is 15.6 Å². The van der Waals surface area contributed by atoms with Crippen LogP contribution in [0.25, 0.3) is 11.0 Å². The van der Waals surface area contributed by atoms with Gasteiger partial charge in [0, 0.05) is 30.1 Å². The van der Waals surface area contributed by atoms with Crippen LogP contribution in [0.15, 0.2) is 28.7 Å². The summed E-state index contributed by atoms with van der Waals surface area (Å²) in [5.41, 5.74) is 3.22. The van der Waals surface area contributed by atoms with Gasteiger partial charge in [-0.05, 0) is 38.1 Å². The number of rotatable bonds is 3. The monoisotopic (exact) mass is 286 g/mol. The number of hydrogen-bond donors (Lipinski definition) is 0. The second-order valence-electron chi connectivity index (χ2n) is 5.17. The van der Waals surface area contributed by atoms with Crippen LogP contribution in [0.4, 0.5) is 4.39 Å². The molecule has 0 amide bonds. The SMILES string of the molecule is Cc1nn(C)c(C)c1CC(=O)c1cc2cc(F)ccc2o1. The van der Waals surface area contributed by atoms with Crippen molar-refractivity contribution in [3.8, 4) is 0 Å². The van der Waals surface area contributed by atoms with E-state index in [1.54, 1.807) is 10.7 Å². The minimum atomic E-state index is -0.346. The summed E-state index contributed by atoms with van der Waals surface area (Å²) in [4.78, 5) is 12.4. The van der Waals surface area contributed by atoms with Crippen molar-refractivity contribution in [1.82, 2.24) is 9.78 Å². The molecule has 108 valence electrons. The summed E-state index contributed by atoms with van der Waals surface area (Å²) in [7, 11) is 1.85. The number of Topliss-reactive ketones (excluding diaryl/α,β-unsaturated/α-hetero) is 1. The maximum atomic E-state index is 13.2. The second-order valence-corrected chi connectivity index (χ2v) is 5.17. The standard InChI is InChI=1S/C16H15FN2O2/c1-9-13(10(2)19(3)18-9)8-14(20)16-7-11-6-12(17)4-5-15(11)21-16/h4-7H,8H2,1-3H3. The first-order valence-electron chi connectivity index (χ1n) is 6.67. The molecule has 0 fully saturated rings. The average molecular weight is 286 g/mol. The number of furan rings is 1. The van der Waals surface area contributed by atoms with E-state index in [0.29, 0.717) is 11.0 Å². The van der Waals surface area contributed by atoms with E-state index in [1.807, 2.05) is 20.9 Å². The van der Waals surface area contributed by atoms with Crippen molar-refractivity contribution in [2.24, 2.45) is 7.05 Å². The number of ketones is 1. The lowest BCUT2D eigenvalue weighted by Crippen LogP contribution is -2.04. The highest BCUT2D eigenvalue weighted by molar-refractivity contribution is 5.98. The number of hydrogen-bond acceptors (Lipinski definition) is 3. The maximum Gasteiger partial charge on any atom is 0.202 e. The fraction of sp³-hybridized carbons (Fsp3) is 0.250. The Kier molecular flexibility index (Phi) is 3.12. The third-order valence-electron chi connectivity index (χ3n) is 3.75. The van der Waals surface area contributed by atoms with E-state index in [2.05, 4.69) is 5.10 Å². The normalized spacial score (nSPS) is 11.2. The topological polar surface area (TPSA) is 48.0 Å². The molecule has 2 heterocycles. The van der Waals surface area contributed by atoms with Gasteiger partial charge in [0.15, 0.2) is 5.76 Å². The molecule has 0 bridgehead atoms. The molecule has 0 unspecified atom stereocenters. The van der Waals surface area contributed by atoms with Crippen LogP contribution in [0.1, 0.15) is 27.5 Å². The highest BCUT2D eigenvalue weighted by Gasteiger charge is 2.18. The number of aromatic nitrogens is 2. The Hall–Kier alpha value is -2.43. The van der Waals surface area contributed by atoms with Gasteiger partial charge in [-0.15, -0.1) is 0 Å². The number of carbonyl (C=O) groups excluding carboxylic acids is 1. The van der Waals surface area contributed by atoms with E-state index in [9.17, 15) is 9.18 Å². The maximum absolute atomic E-state index is 13.2. The first-order valence-corrected chi connectivity index (χ1v) is 6.67. The molecule has 0 atom stereocenters. The highest BCUT2D eigenvalue weighted by Crippen LogP contribution is 2.22. The van der Waals surface area contributed by atoms with Gasteiger partial charge < -0.3 is 4.42 Å². The summed E-state index contributed by atoms with van der Waals surface area (Å²) in [5, 5.41) is 4.89. The summed E-state index contributed by atoms with van der Waals surface area (Å²) in [6.45, 7) is 3.81. The average Bonchev–Trinajstić information content (AvgIpc) is 2.95. The molecule has 0 N–H and O–H groups in total. The van der Waals surface area contributed by atoms with Gasteiger partial charge in [-0.2, -0.15) is 5.10 Å². The molecular formula is C16H15FN2O2. The lowest BCUT2D eigenvalue weighted by atomic mass is 10.1. The lowest BCUT2D eigenvalue weighted by molar-refractivity contribution is 0.0968. The van der Waals surface area contributed by atoms with Crippen molar-refractivity contribution in [2.45, 2.75) is 20.3 Å². The molecule has 4 nitrogen and oxygen atoms in total. The lowest BCUT2D eigenvalue weighted by Gasteiger charge is -1.99. The third kappa shape index (κ3) is 2.35. The summed E-state index contributed by atoms with van der Waals surface area (Å²) in [6, 6.07) is 5.79. The first kappa shape index (κ1) is 13.5. The Balaban J connectivity index is 1.93. The molecule has 3 rings (SSSR count). The van der Waals surface area contributed by atoms with Crippen molar-refractivity contribution in [3.05, 3.63) is 52.8 Å². The summed E-state index contributed by atoms with van der Waals surface area (Å²) < 4.78 is 20.4. The van der Waals surface area contributed by atoms with Crippen molar-refractivity contribution < 1.29 is 13.6 Å². The Morgan fingerprint density at radius 2 is 2.10 bits per heavy atom. The number of fused-ring (bicyclic) bond motifs is 1. The smallest absolute Gasteiger partial charge is 0.202 e. The molecule has 0 saturated heterocycles. The van der Waals surface area contributed by atoms with Gasteiger partial charge in [0.2, 0.25) is 5.78 Å². The van der Waals surface area contributed by atoms with Crippen LogP contribution in [-0.2, 0) is 13.5 Å². The number of benzene rings is 1. The van der Waals surface area contributed by atoms with Crippen LogP contribution in [0.3, 0.4) is 0 Å². The van der Waals surface area contributed by atoms with Crippen molar-refractivity contribution in [1.29, 1.82) is 0 Å². The van der Waals surface area contributed by atoms with E-state index in [1.165, 1.54) is 18.2 Å². The molecule has 1 aromatic carbocycles. The molecule has 5 heteroatoms. The first-order chi connectivity index (χ1) is 9.95. The molecule has 21 heavy (non-hydrogen) atoms. The molecule has 2 aromatic heterocycles. The van der Waals surface area contributed by atoms with Crippen LogP contribution in [0, 0.1) is 19.7 Å². The van der Waals surface area contributed by atoms with E-state index in [-0.39, 0.29) is 23.8 Å². The molecule has 0 saturated carbocycles. The summed E-state index contributed by atoms with van der Waals surface area (Å²) in [6.07, 6.45) is 0.230. The molecule has 0 spiro atoms. The van der Waals surface area contributed by atoms with Crippen LogP contribution in [0.5, 0.6) is 0 Å². The summed E-state index contributed by atoms with van der Waals surface area (Å²) >= 11 is 0. The van der Waals surface area contributed by atoms with E-state index in [4.69, 9.17) is 4.42 Å². The predicted octanol–water partition coefficient (Wildman–Crippen LogP) is 3.35. The minimum absolute atomic E-state index is 0.134. The van der Waals surface area contributed by atoms with Gasteiger partial charge in [-0.25, -0.2) is 4.39 Å². The highest BCUT2D eigenvalue weighted by atomic mass is 19.1. The quantitative estimate of drug-likeness (QED) is 0.694. The van der Waals surface area contributed by atoms with E-state index >= 15 is 0 Å². The largest absolute Gasteiger partial charge is 0.453 e. The molecular weight excluding hydrogens is 271 g/mol. The van der Waals surface area contributed by atoms with Gasteiger partial charge >= 0.3 is 0 Å². The fourth-order valence-corrected chi connectivity index (χ4v) is 2.47. The van der Waals surface area contributed by atoms with Crippen LogP contribution in [0.2, 0.25) is 0 Å². The summed E-state index contributed by atoms with van der Waals surface area (Å²) in [5.74, 6) is -0.231. The molecule has 0 aliphatic carbocycles. The van der Waals surface area contributed by atoms with Crippen molar-refractivity contribution in [3.63, 3.8) is 0 Å². The van der Waals surface area contributed by atoms with Gasteiger partial charge in [-0.1, -0.05) is 0 Å². The molecule has 0 aliphatic rings. The Bertz CT molecular complexity index is 845. The van der Waals surface area contributed by atoms with Crippen LogP contribution >= 0.6 is 0 Å². The second kappa shape index (κ2) is 4.84. The van der Waals surface area contributed by atoms with Gasteiger partial charge in [0.1, 0.15) is 11.4 Å². The third-order valence-corrected chi connectivity index (χ3v) is 3.75. The zero-order valence-corrected chi connectivity index (χ0v) is 12.1. The minimum Gasteiger partial charge on any atom is -0.453 e. The van der Waals surface area contributed by atoms with Crippen LogP contribution < -0.4 is 0 Å². The number of halogens is 1. The van der Waals surface area contributed by atoms with Gasteiger partial charge in [0.05, 0.1) is 5.69 Å². The molecule has 0 radical (unpaired) electrons. The van der Waals surface area contributed by atoms with Crippen molar-refractivity contribution in [2.75, 3.05) is 0 Å². The van der Waals surface area contributed by atoms with Gasteiger partial charge in [-0.3, -0.25) is 9.48 Å². The number of carbonyl (C=O) groups is 1. The van der Waals surface area contributed by atoms with Gasteiger partial charge in [0.25, 0.3) is 0 Å². The molecule has 3 aromatic rings. The number of aryl methyl sites for hydroxylation is 2. The number of nitrogens with zero attached hydrogens (tertiary/aromatic N) is 2. The Morgan fingerprint density at radius 1 is 1.33 bits per heavy atom. The molecule has 0 aliphatic heterocycles. The van der Waals surface area contributed by atoms with E-state index in [0.717, 1.165) is 17.0 Å².